The van der Waals surface area contributed by atoms with Gasteiger partial charge in [-0.15, -0.1) is 0 Å². The van der Waals surface area contributed by atoms with Gasteiger partial charge in [-0.1, -0.05) is 0 Å². The first-order valence-corrected chi connectivity index (χ1v) is 5.66. The highest BCUT2D eigenvalue weighted by Gasteiger charge is 2.17. The summed E-state index contributed by atoms with van der Waals surface area (Å²) in [7, 11) is 1.58. The van der Waals surface area contributed by atoms with Gasteiger partial charge in [0.05, 0.1) is 32.0 Å². The summed E-state index contributed by atoms with van der Waals surface area (Å²) in [5.41, 5.74) is 0.571. The summed E-state index contributed by atoms with van der Waals surface area (Å²) in [6, 6.07) is 7.28. The Morgan fingerprint density at radius 1 is 1.29 bits per heavy atom. The number of rotatable bonds is 3. The van der Waals surface area contributed by atoms with Crippen molar-refractivity contribution in [3.63, 3.8) is 0 Å². The molecule has 4 heteroatoms. The van der Waals surface area contributed by atoms with Crippen molar-refractivity contribution in [2.75, 3.05) is 20.3 Å². The third kappa shape index (κ3) is 2.89. The van der Waals surface area contributed by atoms with Crippen LogP contribution in [0.2, 0.25) is 0 Å². The first kappa shape index (κ1) is 11.7. The van der Waals surface area contributed by atoms with Gasteiger partial charge in [0.2, 0.25) is 0 Å². The summed E-state index contributed by atoms with van der Waals surface area (Å²) < 4.78 is 16.4. The highest BCUT2D eigenvalue weighted by atomic mass is 16.5. The molecule has 1 aliphatic heterocycles. The van der Waals surface area contributed by atoms with Crippen molar-refractivity contribution in [3.05, 3.63) is 23.8 Å². The Kier molecular flexibility index (Phi) is 3.84. The average Bonchev–Trinajstić information content (AvgIpc) is 2.40. The summed E-state index contributed by atoms with van der Waals surface area (Å²) >= 11 is 0. The van der Waals surface area contributed by atoms with Crippen LogP contribution in [0.1, 0.15) is 18.4 Å². The van der Waals surface area contributed by atoms with Crippen LogP contribution in [0.5, 0.6) is 11.5 Å². The molecule has 17 heavy (non-hydrogen) atoms. The second kappa shape index (κ2) is 5.55. The van der Waals surface area contributed by atoms with Crippen LogP contribution < -0.4 is 9.47 Å². The van der Waals surface area contributed by atoms with E-state index in [4.69, 9.17) is 19.5 Å². The molecule has 1 fully saturated rings. The highest BCUT2D eigenvalue weighted by molar-refractivity contribution is 5.46. The lowest BCUT2D eigenvalue weighted by molar-refractivity contribution is 0.0245. The van der Waals surface area contributed by atoms with E-state index in [2.05, 4.69) is 6.07 Å². The second-order valence-electron chi connectivity index (χ2n) is 3.91. The lowest BCUT2D eigenvalue weighted by atomic mass is 10.1. The molecule has 0 aromatic heterocycles. The molecule has 2 rings (SSSR count). The van der Waals surface area contributed by atoms with Crippen molar-refractivity contribution in [2.45, 2.75) is 18.9 Å². The maximum absolute atomic E-state index is 8.81. The van der Waals surface area contributed by atoms with Gasteiger partial charge in [-0.2, -0.15) is 5.26 Å². The van der Waals surface area contributed by atoms with Crippen molar-refractivity contribution >= 4 is 0 Å². The van der Waals surface area contributed by atoms with Crippen molar-refractivity contribution in [3.8, 4) is 17.6 Å². The molecule has 0 amide bonds. The molecule has 0 N–H and O–H groups in total. The van der Waals surface area contributed by atoms with Gasteiger partial charge in [0.15, 0.2) is 11.5 Å². The molecule has 1 aromatic rings. The Hall–Kier alpha value is -1.73. The van der Waals surface area contributed by atoms with Gasteiger partial charge >= 0.3 is 0 Å². The minimum absolute atomic E-state index is 0.172. The van der Waals surface area contributed by atoms with Crippen LogP contribution in [-0.2, 0) is 4.74 Å². The van der Waals surface area contributed by atoms with E-state index < -0.39 is 0 Å². The molecule has 0 bridgehead atoms. The zero-order chi connectivity index (χ0) is 12.1. The number of nitrogens with zero attached hydrogens (tertiary/aromatic N) is 1. The third-order valence-electron chi connectivity index (χ3n) is 2.75. The maximum atomic E-state index is 8.81. The Labute approximate surface area is 101 Å². The fourth-order valence-electron chi connectivity index (χ4n) is 1.81. The van der Waals surface area contributed by atoms with Gasteiger partial charge in [0.1, 0.15) is 6.10 Å². The molecule has 0 unspecified atom stereocenters. The van der Waals surface area contributed by atoms with E-state index in [0.717, 1.165) is 26.1 Å². The van der Waals surface area contributed by atoms with Crippen molar-refractivity contribution in [1.82, 2.24) is 0 Å². The van der Waals surface area contributed by atoms with Crippen LogP contribution in [0.25, 0.3) is 0 Å². The lowest BCUT2D eigenvalue weighted by Crippen LogP contribution is -2.26. The average molecular weight is 233 g/mol. The molecule has 1 saturated heterocycles. The largest absolute Gasteiger partial charge is 0.493 e. The summed E-state index contributed by atoms with van der Waals surface area (Å²) in [5, 5.41) is 8.81. The second-order valence-corrected chi connectivity index (χ2v) is 3.91. The highest BCUT2D eigenvalue weighted by Crippen LogP contribution is 2.30. The molecule has 1 aromatic carbocycles. The van der Waals surface area contributed by atoms with Crippen LogP contribution >= 0.6 is 0 Å². The predicted octanol–water partition coefficient (Wildman–Crippen LogP) is 2.12. The first-order chi connectivity index (χ1) is 8.33. The molecule has 1 aliphatic rings. The third-order valence-corrected chi connectivity index (χ3v) is 2.75. The zero-order valence-electron chi connectivity index (χ0n) is 9.81. The van der Waals surface area contributed by atoms with E-state index in [-0.39, 0.29) is 6.10 Å². The molecule has 0 radical (unpaired) electrons. The monoisotopic (exact) mass is 233 g/mol. The van der Waals surface area contributed by atoms with Gasteiger partial charge in [0.25, 0.3) is 0 Å². The Morgan fingerprint density at radius 2 is 2.06 bits per heavy atom. The predicted molar refractivity (Wildman–Crippen MR) is 62.2 cm³/mol. The van der Waals surface area contributed by atoms with Crippen molar-refractivity contribution in [2.24, 2.45) is 0 Å². The molecule has 4 nitrogen and oxygen atoms in total. The van der Waals surface area contributed by atoms with Gasteiger partial charge < -0.3 is 14.2 Å². The Balaban J connectivity index is 2.11. The van der Waals surface area contributed by atoms with E-state index in [9.17, 15) is 0 Å². The summed E-state index contributed by atoms with van der Waals surface area (Å²) in [6.45, 7) is 1.48. The summed E-state index contributed by atoms with van der Waals surface area (Å²) in [5.74, 6) is 1.30. The lowest BCUT2D eigenvalue weighted by Gasteiger charge is -2.24. The molecule has 0 atom stereocenters. The molecule has 0 spiro atoms. The topological polar surface area (TPSA) is 51.5 Å². The number of nitriles is 1. The molecule has 90 valence electrons. The normalized spacial score (nSPS) is 16.2. The van der Waals surface area contributed by atoms with Gasteiger partial charge in [-0.3, -0.25) is 0 Å². The SMILES string of the molecule is COc1cc(C#N)ccc1OC1CCOCC1. The quantitative estimate of drug-likeness (QED) is 0.802. The summed E-state index contributed by atoms with van der Waals surface area (Å²) in [4.78, 5) is 0. The van der Waals surface area contributed by atoms with E-state index >= 15 is 0 Å². The van der Waals surface area contributed by atoms with E-state index in [1.54, 1.807) is 25.3 Å². The van der Waals surface area contributed by atoms with Gasteiger partial charge in [-0.05, 0) is 12.1 Å². The van der Waals surface area contributed by atoms with Crippen LogP contribution in [0.15, 0.2) is 18.2 Å². The maximum Gasteiger partial charge on any atom is 0.162 e. The molecule has 0 aliphatic carbocycles. The number of methoxy groups -OCH3 is 1. The fourth-order valence-corrected chi connectivity index (χ4v) is 1.81. The minimum atomic E-state index is 0.172. The standard InChI is InChI=1S/C13H15NO3/c1-15-13-8-10(9-14)2-3-12(13)17-11-4-6-16-7-5-11/h2-3,8,11H,4-7H2,1H3. The van der Waals surface area contributed by atoms with Crippen molar-refractivity contribution < 1.29 is 14.2 Å². The number of ether oxygens (including phenoxy) is 3. The molecule has 1 heterocycles. The zero-order valence-corrected chi connectivity index (χ0v) is 9.81. The van der Waals surface area contributed by atoms with Crippen LogP contribution in [-0.4, -0.2) is 26.4 Å². The Bertz CT molecular complexity index is 419. The first-order valence-electron chi connectivity index (χ1n) is 5.66. The number of benzene rings is 1. The van der Waals surface area contributed by atoms with Crippen LogP contribution in [0, 0.1) is 11.3 Å². The van der Waals surface area contributed by atoms with Gasteiger partial charge in [0, 0.05) is 18.9 Å². The van der Waals surface area contributed by atoms with Crippen LogP contribution in [0.4, 0.5) is 0 Å². The number of hydrogen-bond acceptors (Lipinski definition) is 4. The van der Waals surface area contributed by atoms with Crippen molar-refractivity contribution in [1.29, 1.82) is 5.26 Å². The number of hydrogen-bond donors (Lipinski definition) is 0. The van der Waals surface area contributed by atoms with E-state index in [1.165, 1.54) is 0 Å². The molecular weight excluding hydrogens is 218 g/mol. The smallest absolute Gasteiger partial charge is 0.162 e. The van der Waals surface area contributed by atoms with E-state index in [0.29, 0.717) is 17.1 Å². The fraction of sp³-hybridized carbons (Fsp3) is 0.462. The molecular formula is C13H15NO3. The van der Waals surface area contributed by atoms with Gasteiger partial charge in [-0.25, -0.2) is 0 Å². The minimum Gasteiger partial charge on any atom is -0.493 e. The Morgan fingerprint density at radius 3 is 2.71 bits per heavy atom. The summed E-state index contributed by atoms with van der Waals surface area (Å²) in [6.07, 6.45) is 1.96. The van der Waals surface area contributed by atoms with E-state index in [1.807, 2.05) is 0 Å². The van der Waals surface area contributed by atoms with Crippen LogP contribution in [0.3, 0.4) is 0 Å². The molecule has 0 saturated carbocycles.